The van der Waals surface area contributed by atoms with Gasteiger partial charge in [-0.3, -0.25) is 4.90 Å². The zero-order chi connectivity index (χ0) is 13.4. The van der Waals surface area contributed by atoms with Gasteiger partial charge in [-0.1, -0.05) is 11.6 Å². The molecule has 2 bridgehead atoms. The van der Waals surface area contributed by atoms with E-state index in [4.69, 9.17) is 17.3 Å². The minimum absolute atomic E-state index is 0.552. The van der Waals surface area contributed by atoms with Gasteiger partial charge in [-0.2, -0.15) is 0 Å². The summed E-state index contributed by atoms with van der Waals surface area (Å²) in [6.45, 7) is 2.79. The van der Waals surface area contributed by atoms with E-state index >= 15 is 0 Å². The molecule has 2 unspecified atom stereocenters. The van der Waals surface area contributed by atoms with Crippen molar-refractivity contribution in [1.82, 2.24) is 4.90 Å². The lowest BCUT2D eigenvalue weighted by molar-refractivity contribution is 0.254. The van der Waals surface area contributed by atoms with Crippen LogP contribution in [-0.4, -0.2) is 37.1 Å². The smallest absolute Gasteiger partial charge is 0.0413 e. The summed E-state index contributed by atoms with van der Waals surface area (Å²) in [4.78, 5) is 5.07. The van der Waals surface area contributed by atoms with Crippen LogP contribution in [0.1, 0.15) is 24.8 Å². The molecule has 0 radical (unpaired) electrons. The molecule has 2 aliphatic rings. The van der Waals surface area contributed by atoms with Crippen molar-refractivity contribution in [2.45, 2.75) is 37.9 Å². The maximum absolute atomic E-state index is 6.07. The third-order valence-corrected chi connectivity index (χ3v) is 4.99. The second-order valence-electron chi connectivity index (χ2n) is 5.76. The zero-order valence-corrected chi connectivity index (χ0v) is 12.2. The van der Waals surface area contributed by atoms with Crippen molar-refractivity contribution in [1.29, 1.82) is 0 Å². The molecule has 0 saturated carbocycles. The van der Waals surface area contributed by atoms with Crippen LogP contribution in [0.25, 0.3) is 0 Å². The van der Waals surface area contributed by atoms with Gasteiger partial charge in [-0.15, -0.1) is 0 Å². The van der Waals surface area contributed by atoms with Crippen molar-refractivity contribution >= 4 is 17.3 Å². The fourth-order valence-electron chi connectivity index (χ4n) is 3.55. The molecule has 1 aromatic carbocycles. The number of nitrogens with two attached hydrogens (primary N) is 1. The summed E-state index contributed by atoms with van der Waals surface area (Å²) in [5.74, 6) is 0. The minimum atomic E-state index is 0.552. The third-order valence-electron chi connectivity index (χ3n) is 4.75. The first kappa shape index (κ1) is 13.2. The first-order valence-electron chi connectivity index (χ1n) is 7.14. The zero-order valence-electron chi connectivity index (χ0n) is 11.5. The maximum Gasteiger partial charge on any atom is 0.0413 e. The lowest BCUT2D eigenvalue weighted by atomic mass is 10.1. The molecule has 2 saturated heterocycles. The number of halogens is 1. The van der Waals surface area contributed by atoms with Crippen LogP contribution in [0.15, 0.2) is 18.2 Å². The lowest BCUT2D eigenvalue weighted by Crippen LogP contribution is -2.37. The first-order valence-corrected chi connectivity index (χ1v) is 7.52. The van der Waals surface area contributed by atoms with Gasteiger partial charge in [-0.25, -0.2) is 0 Å². The monoisotopic (exact) mass is 279 g/mol. The van der Waals surface area contributed by atoms with Crippen molar-refractivity contribution in [2.75, 3.05) is 25.0 Å². The molecule has 0 aliphatic carbocycles. The van der Waals surface area contributed by atoms with E-state index in [2.05, 4.69) is 22.9 Å². The lowest BCUT2D eigenvalue weighted by Gasteiger charge is -2.29. The quantitative estimate of drug-likeness (QED) is 0.903. The van der Waals surface area contributed by atoms with E-state index in [1.807, 2.05) is 12.1 Å². The van der Waals surface area contributed by atoms with Crippen LogP contribution in [0.4, 0.5) is 5.69 Å². The average molecular weight is 280 g/mol. The molecule has 104 valence electrons. The molecule has 0 aromatic heterocycles. The van der Waals surface area contributed by atoms with Crippen molar-refractivity contribution in [3.05, 3.63) is 28.8 Å². The first-order chi connectivity index (χ1) is 9.19. The highest BCUT2D eigenvalue weighted by molar-refractivity contribution is 6.30. The predicted molar refractivity (Wildman–Crippen MR) is 80.7 cm³/mol. The molecule has 2 aliphatic heterocycles. The van der Waals surface area contributed by atoms with Gasteiger partial charge in [0.25, 0.3) is 0 Å². The number of hydrogen-bond acceptors (Lipinski definition) is 3. The molecule has 0 amide bonds. The van der Waals surface area contributed by atoms with Crippen LogP contribution in [-0.2, 0) is 6.54 Å². The summed E-state index contributed by atoms with van der Waals surface area (Å²) in [6, 6.07) is 7.56. The number of rotatable bonds is 2. The Kier molecular flexibility index (Phi) is 3.70. The number of anilines is 1. The third kappa shape index (κ3) is 2.47. The van der Waals surface area contributed by atoms with E-state index in [-0.39, 0.29) is 0 Å². The highest BCUT2D eigenvalue weighted by Crippen LogP contribution is 2.32. The van der Waals surface area contributed by atoms with Crippen LogP contribution < -0.4 is 10.6 Å². The predicted octanol–water partition coefficient (Wildman–Crippen LogP) is 2.47. The summed E-state index contributed by atoms with van der Waals surface area (Å²) >= 11 is 6.07. The van der Waals surface area contributed by atoms with Gasteiger partial charge >= 0.3 is 0 Å². The van der Waals surface area contributed by atoms with Crippen LogP contribution in [0.2, 0.25) is 5.02 Å². The van der Waals surface area contributed by atoms with Crippen LogP contribution >= 0.6 is 11.6 Å². The molecular formula is C15H22ClN3. The number of fused-ring (bicyclic) bond motifs is 2. The normalized spacial score (nSPS) is 27.6. The maximum atomic E-state index is 6.07. The van der Waals surface area contributed by atoms with Gasteiger partial charge < -0.3 is 10.6 Å². The average Bonchev–Trinajstić information content (AvgIpc) is 2.64. The topological polar surface area (TPSA) is 32.5 Å². The van der Waals surface area contributed by atoms with Gasteiger partial charge in [0.1, 0.15) is 0 Å². The van der Waals surface area contributed by atoms with Crippen molar-refractivity contribution in [2.24, 2.45) is 5.73 Å². The summed E-state index contributed by atoms with van der Waals surface area (Å²) in [7, 11) is 2.28. The number of benzene rings is 1. The molecule has 2 N–H and O–H groups in total. The molecule has 3 rings (SSSR count). The van der Waals surface area contributed by atoms with Crippen LogP contribution in [0.5, 0.6) is 0 Å². The second kappa shape index (κ2) is 5.31. The van der Waals surface area contributed by atoms with Gasteiger partial charge in [0.05, 0.1) is 0 Å². The Morgan fingerprint density at radius 2 is 2.05 bits per heavy atom. The van der Waals surface area contributed by atoms with Gasteiger partial charge in [0.15, 0.2) is 0 Å². The molecule has 3 nitrogen and oxygen atoms in total. The minimum Gasteiger partial charge on any atom is -0.370 e. The fourth-order valence-corrected chi connectivity index (χ4v) is 3.75. The number of hydrogen-bond donors (Lipinski definition) is 1. The SMILES string of the molecule is CN1C2CCC1CN(c1ccc(Cl)cc1CN)CC2. The molecular weight excluding hydrogens is 258 g/mol. The second-order valence-corrected chi connectivity index (χ2v) is 6.20. The molecule has 2 fully saturated rings. The Morgan fingerprint density at radius 1 is 1.26 bits per heavy atom. The number of likely N-dealkylation sites (N-methyl/N-ethyl adjacent to an activating group) is 1. The molecule has 2 atom stereocenters. The highest BCUT2D eigenvalue weighted by atomic mass is 35.5. The van der Waals surface area contributed by atoms with Gasteiger partial charge in [-0.05, 0) is 50.1 Å². The summed E-state index contributed by atoms with van der Waals surface area (Å²) in [6.07, 6.45) is 3.93. The van der Waals surface area contributed by atoms with Crippen LogP contribution in [0.3, 0.4) is 0 Å². The van der Waals surface area contributed by atoms with E-state index < -0.39 is 0 Å². The standard InChI is InChI=1S/C15H22ClN3/c1-18-13-3-4-14(18)10-19(7-6-13)15-5-2-12(16)8-11(15)9-17/h2,5,8,13-14H,3-4,6-7,9-10,17H2,1H3. The van der Waals surface area contributed by atoms with E-state index in [9.17, 15) is 0 Å². The van der Waals surface area contributed by atoms with Gasteiger partial charge in [0, 0.05) is 42.4 Å². The van der Waals surface area contributed by atoms with E-state index in [1.54, 1.807) is 0 Å². The highest BCUT2D eigenvalue weighted by Gasteiger charge is 2.34. The Morgan fingerprint density at radius 3 is 2.84 bits per heavy atom. The summed E-state index contributed by atoms with van der Waals surface area (Å²) in [5, 5.41) is 0.776. The van der Waals surface area contributed by atoms with Gasteiger partial charge in [0.2, 0.25) is 0 Å². The van der Waals surface area contributed by atoms with Crippen molar-refractivity contribution in [3.8, 4) is 0 Å². The van der Waals surface area contributed by atoms with Crippen LogP contribution in [0, 0.1) is 0 Å². The largest absolute Gasteiger partial charge is 0.370 e. The van der Waals surface area contributed by atoms with Crippen molar-refractivity contribution < 1.29 is 0 Å². The molecule has 0 spiro atoms. The van der Waals surface area contributed by atoms with Crippen molar-refractivity contribution in [3.63, 3.8) is 0 Å². The van der Waals surface area contributed by atoms with E-state index in [0.717, 1.165) is 29.7 Å². The Hall–Kier alpha value is -0.770. The summed E-state index contributed by atoms with van der Waals surface area (Å²) < 4.78 is 0. The fraction of sp³-hybridized carbons (Fsp3) is 0.600. The molecule has 19 heavy (non-hydrogen) atoms. The Balaban J connectivity index is 1.86. The van der Waals surface area contributed by atoms with E-state index in [0.29, 0.717) is 12.6 Å². The summed E-state index contributed by atoms with van der Waals surface area (Å²) in [5.41, 5.74) is 8.30. The van der Waals surface area contributed by atoms with E-state index in [1.165, 1.54) is 24.9 Å². The Labute approximate surface area is 120 Å². The Bertz CT molecular complexity index is 463. The molecule has 1 aromatic rings. The molecule has 4 heteroatoms. The number of nitrogens with zero attached hydrogens (tertiary/aromatic N) is 2. The molecule has 2 heterocycles.